The number of methoxy groups -OCH3 is 1. The minimum Gasteiger partial charge on any atom is -0.496 e. The SMILES string of the molecule is COc1ccc(Cl)cc1-c1ccc2c(c1)CCC2=O. The molecule has 0 N–H and O–H groups in total. The number of rotatable bonds is 2. The van der Waals surface area contributed by atoms with Crippen LogP contribution in [0.5, 0.6) is 5.75 Å². The molecule has 1 aliphatic carbocycles. The Bertz CT molecular complexity index is 662. The summed E-state index contributed by atoms with van der Waals surface area (Å²) in [5.41, 5.74) is 3.96. The van der Waals surface area contributed by atoms with Crippen LogP contribution in [0.2, 0.25) is 5.02 Å². The normalized spacial score (nSPS) is 13.5. The van der Waals surface area contributed by atoms with Gasteiger partial charge in [0.05, 0.1) is 7.11 Å². The van der Waals surface area contributed by atoms with Gasteiger partial charge in [-0.15, -0.1) is 0 Å². The van der Waals surface area contributed by atoms with Gasteiger partial charge in [-0.2, -0.15) is 0 Å². The van der Waals surface area contributed by atoms with Gasteiger partial charge in [-0.25, -0.2) is 0 Å². The standard InChI is InChI=1S/C16H13ClO2/c1-19-16-7-4-12(17)9-14(16)11-2-5-13-10(8-11)3-6-15(13)18/h2,4-5,7-9H,3,6H2,1H3. The highest BCUT2D eigenvalue weighted by Gasteiger charge is 2.20. The summed E-state index contributed by atoms with van der Waals surface area (Å²) in [6.45, 7) is 0. The van der Waals surface area contributed by atoms with E-state index >= 15 is 0 Å². The second kappa shape index (κ2) is 4.71. The van der Waals surface area contributed by atoms with Gasteiger partial charge in [0.2, 0.25) is 0 Å². The third-order valence-corrected chi connectivity index (χ3v) is 3.73. The smallest absolute Gasteiger partial charge is 0.163 e. The summed E-state index contributed by atoms with van der Waals surface area (Å²) < 4.78 is 5.37. The number of benzene rings is 2. The van der Waals surface area contributed by atoms with E-state index in [1.54, 1.807) is 13.2 Å². The Kier molecular flexibility index (Phi) is 3.03. The van der Waals surface area contributed by atoms with Gasteiger partial charge < -0.3 is 4.74 Å². The summed E-state index contributed by atoms with van der Waals surface area (Å²) >= 11 is 6.05. The molecule has 19 heavy (non-hydrogen) atoms. The van der Waals surface area contributed by atoms with Crippen molar-refractivity contribution in [2.24, 2.45) is 0 Å². The quantitative estimate of drug-likeness (QED) is 0.821. The molecule has 2 aromatic carbocycles. The van der Waals surface area contributed by atoms with Crippen molar-refractivity contribution in [2.45, 2.75) is 12.8 Å². The predicted molar refractivity (Wildman–Crippen MR) is 76.1 cm³/mol. The molecule has 2 nitrogen and oxygen atoms in total. The molecule has 0 heterocycles. The fourth-order valence-electron chi connectivity index (χ4n) is 2.53. The first-order chi connectivity index (χ1) is 9.19. The van der Waals surface area contributed by atoms with Crippen LogP contribution in [-0.4, -0.2) is 12.9 Å². The summed E-state index contributed by atoms with van der Waals surface area (Å²) in [6, 6.07) is 11.5. The molecule has 0 bridgehead atoms. The van der Waals surface area contributed by atoms with E-state index in [1.807, 2.05) is 24.3 Å². The molecule has 0 amide bonds. The van der Waals surface area contributed by atoms with Gasteiger partial charge >= 0.3 is 0 Å². The third kappa shape index (κ3) is 2.13. The molecule has 3 rings (SSSR count). The van der Waals surface area contributed by atoms with Gasteiger partial charge in [0.25, 0.3) is 0 Å². The largest absolute Gasteiger partial charge is 0.496 e. The Labute approximate surface area is 117 Å². The highest BCUT2D eigenvalue weighted by Crippen LogP contribution is 2.35. The zero-order valence-corrected chi connectivity index (χ0v) is 11.3. The first-order valence-corrected chi connectivity index (χ1v) is 6.57. The van der Waals surface area contributed by atoms with Crippen molar-refractivity contribution in [2.75, 3.05) is 7.11 Å². The van der Waals surface area contributed by atoms with Crippen LogP contribution in [-0.2, 0) is 6.42 Å². The van der Waals surface area contributed by atoms with Crippen molar-refractivity contribution in [3.63, 3.8) is 0 Å². The van der Waals surface area contributed by atoms with E-state index in [0.29, 0.717) is 11.4 Å². The second-order valence-corrected chi connectivity index (χ2v) is 5.08. The predicted octanol–water partition coefficient (Wildman–Crippen LogP) is 4.14. The summed E-state index contributed by atoms with van der Waals surface area (Å²) in [5.74, 6) is 1.02. The summed E-state index contributed by atoms with van der Waals surface area (Å²) in [6.07, 6.45) is 1.44. The van der Waals surface area contributed by atoms with Gasteiger partial charge in [-0.1, -0.05) is 29.8 Å². The topological polar surface area (TPSA) is 26.3 Å². The fraction of sp³-hybridized carbons (Fsp3) is 0.188. The van der Waals surface area contributed by atoms with Crippen LogP contribution in [0, 0.1) is 0 Å². The minimum atomic E-state index is 0.236. The van der Waals surface area contributed by atoms with Crippen molar-refractivity contribution in [3.8, 4) is 16.9 Å². The van der Waals surface area contributed by atoms with E-state index in [4.69, 9.17) is 16.3 Å². The van der Waals surface area contributed by atoms with Gasteiger partial charge in [-0.05, 0) is 35.7 Å². The van der Waals surface area contributed by atoms with E-state index in [-0.39, 0.29) is 5.78 Å². The van der Waals surface area contributed by atoms with Crippen LogP contribution in [0.4, 0.5) is 0 Å². The van der Waals surface area contributed by atoms with Gasteiger partial charge in [0.15, 0.2) is 5.78 Å². The summed E-state index contributed by atoms with van der Waals surface area (Å²) in [7, 11) is 1.64. The molecular weight excluding hydrogens is 260 g/mol. The number of hydrogen-bond acceptors (Lipinski definition) is 2. The van der Waals surface area contributed by atoms with E-state index in [1.165, 1.54) is 0 Å². The number of ketones is 1. The maximum Gasteiger partial charge on any atom is 0.163 e. The number of aryl methyl sites for hydroxylation is 1. The molecule has 3 heteroatoms. The van der Waals surface area contributed by atoms with Crippen molar-refractivity contribution >= 4 is 17.4 Å². The average molecular weight is 273 g/mol. The van der Waals surface area contributed by atoms with Crippen molar-refractivity contribution in [1.82, 2.24) is 0 Å². The van der Waals surface area contributed by atoms with E-state index < -0.39 is 0 Å². The molecule has 96 valence electrons. The molecular formula is C16H13ClO2. The average Bonchev–Trinajstić information content (AvgIpc) is 2.80. The summed E-state index contributed by atoms with van der Waals surface area (Å²) in [4.78, 5) is 11.6. The number of halogens is 1. The molecule has 0 saturated carbocycles. The fourth-order valence-corrected chi connectivity index (χ4v) is 2.70. The Morgan fingerprint density at radius 3 is 2.68 bits per heavy atom. The number of carbonyl (C=O) groups is 1. The first kappa shape index (κ1) is 12.2. The van der Waals surface area contributed by atoms with Crippen LogP contribution in [0.3, 0.4) is 0 Å². The van der Waals surface area contributed by atoms with Crippen LogP contribution in [0.1, 0.15) is 22.3 Å². The Morgan fingerprint density at radius 2 is 1.89 bits per heavy atom. The second-order valence-electron chi connectivity index (χ2n) is 4.64. The zero-order chi connectivity index (χ0) is 13.4. The van der Waals surface area contributed by atoms with Crippen LogP contribution < -0.4 is 4.74 Å². The van der Waals surface area contributed by atoms with Gasteiger partial charge in [0.1, 0.15) is 5.75 Å². The lowest BCUT2D eigenvalue weighted by atomic mass is 10.00. The highest BCUT2D eigenvalue weighted by molar-refractivity contribution is 6.31. The Morgan fingerprint density at radius 1 is 1.05 bits per heavy atom. The number of Topliss-reactive ketones (excluding diaryl/α,β-unsaturated/α-hetero) is 1. The number of carbonyl (C=O) groups excluding carboxylic acids is 1. The number of ether oxygens (including phenoxy) is 1. The lowest BCUT2D eigenvalue weighted by molar-refractivity contribution is 0.0994. The van der Waals surface area contributed by atoms with Crippen LogP contribution in [0.15, 0.2) is 36.4 Å². The molecule has 0 aliphatic heterocycles. The molecule has 0 fully saturated rings. The molecule has 0 saturated heterocycles. The number of hydrogen-bond donors (Lipinski definition) is 0. The molecule has 0 aromatic heterocycles. The third-order valence-electron chi connectivity index (χ3n) is 3.50. The zero-order valence-electron chi connectivity index (χ0n) is 10.6. The Balaban J connectivity index is 2.13. The first-order valence-electron chi connectivity index (χ1n) is 6.19. The molecule has 0 atom stereocenters. The molecule has 0 unspecified atom stereocenters. The summed E-state index contributed by atoms with van der Waals surface area (Å²) in [5, 5.41) is 0.673. The lowest BCUT2D eigenvalue weighted by Gasteiger charge is -2.10. The van der Waals surface area contributed by atoms with Gasteiger partial charge in [-0.3, -0.25) is 4.79 Å². The van der Waals surface area contributed by atoms with E-state index in [0.717, 1.165) is 34.4 Å². The van der Waals surface area contributed by atoms with Crippen molar-refractivity contribution < 1.29 is 9.53 Å². The maximum atomic E-state index is 11.6. The van der Waals surface area contributed by atoms with E-state index in [2.05, 4.69) is 6.07 Å². The molecule has 1 aliphatic rings. The monoisotopic (exact) mass is 272 g/mol. The number of fused-ring (bicyclic) bond motifs is 1. The van der Waals surface area contributed by atoms with Gasteiger partial charge in [0, 0.05) is 22.6 Å². The molecule has 2 aromatic rings. The van der Waals surface area contributed by atoms with Crippen molar-refractivity contribution in [1.29, 1.82) is 0 Å². The van der Waals surface area contributed by atoms with Crippen LogP contribution in [0.25, 0.3) is 11.1 Å². The lowest BCUT2D eigenvalue weighted by Crippen LogP contribution is -1.92. The molecule has 0 spiro atoms. The van der Waals surface area contributed by atoms with Crippen LogP contribution >= 0.6 is 11.6 Å². The van der Waals surface area contributed by atoms with E-state index in [9.17, 15) is 4.79 Å². The highest BCUT2D eigenvalue weighted by atomic mass is 35.5. The minimum absolute atomic E-state index is 0.236. The molecule has 0 radical (unpaired) electrons. The maximum absolute atomic E-state index is 11.6. The Hall–Kier alpha value is -1.80. The van der Waals surface area contributed by atoms with Crippen molar-refractivity contribution in [3.05, 3.63) is 52.5 Å².